The molecule has 0 radical (unpaired) electrons. The smallest absolute Gasteiger partial charge is 0.235 e. The molecule has 0 aromatic carbocycles. The van der Waals surface area contributed by atoms with Crippen molar-refractivity contribution in [3.05, 3.63) is 44.3 Å². The van der Waals surface area contributed by atoms with Gasteiger partial charge in [0, 0.05) is 6.08 Å². The first-order valence-corrected chi connectivity index (χ1v) is 3.98. The molecule has 0 aliphatic heterocycles. The largest absolute Gasteiger partial charge is 0.259 e. The van der Waals surface area contributed by atoms with Crippen molar-refractivity contribution in [3.8, 4) is 0 Å². The monoisotopic (exact) mass is 218 g/mol. The molecule has 0 saturated carbocycles. The molecule has 0 aliphatic rings. The van der Waals surface area contributed by atoms with Crippen LogP contribution in [0.5, 0.6) is 0 Å². The summed E-state index contributed by atoms with van der Waals surface area (Å²) in [4.78, 5) is 13.1. The molecular weight excluding hydrogens is 215 g/mol. The van der Waals surface area contributed by atoms with E-state index >= 15 is 0 Å². The average molecular weight is 219 g/mol. The SMILES string of the molecule is O=[N+]([O-])/C=C/c1cc(Cl)nc(Cl)c1. The van der Waals surface area contributed by atoms with Crippen molar-refractivity contribution < 1.29 is 4.92 Å². The molecule has 0 spiro atoms. The second kappa shape index (κ2) is 4.20. The molecule has 1 rings (SSSR count). The number of hydrogen-bond donors (Lipinski definition) is 0. The van der Waals surface area contributed by atoms with Crippen LogP contribution in [-0.2, 0) is 0 Å². The van der Waals surface area contributed by atoms with Gasteiger partial charge in [-0.3, -0.25) is 10.1 Å². The van der Waals surface area contributed by atoms with Gasteiger partial charge in [-0.25, -0.2) is 4.98 Å². The Hall–Kier alpha value is -1.13. The number of hydrogen-bond acceptors (Lipinski definition) is 3. The second-order valence-electron chi connectivity index (χ2n) is 2.15. The van der Waals surface area contributed by atoms with Gasteiger partial charge in [-0.2, -0.15) is 0 Å². The molecule has 4 nitrogen and oxygen atoms in total. The molecule has 13 heavy (non-hydrogen) atoms. The van der Waals surface area contributed by atoms with E-state index in [0.29, 0.717) is 5.56 Å². The summed E-state index contributed by atoms with van der Waals surface area (Å²) < 4.78 is 0. The Morgan fingerprint density at radius 2 is 1.92 bits per heavy atom. The van der Waals surface area contributed by atoms with E-state index in [4.69, 9.17) is 23.2 Å². The lowest BCUT2D eigenvalue weighted by atomic mass is 10.3. The standard InChI is InChI=1S/C7H4Cl2N2O2/c8-6-3-5(1-2-11(12)13)4-7(9)10-6/h1-4H/b2-1+. The van der Waals surface area contributed by atoms with E-state index in [-0.39, 0.29) is 10.3 Å². The highest BCUT2D eigenvalue weighted by molar-refractivity contribution is 6.32. The number of rotatable bonds is 2. The van der Waals surface area contributed by atoms with Gasteiger partial charge in [-0.05, 0) is 17.7 Å². The molecule has 0 saturated heterocycles. The maximum absolute atomic E-state index is 9.98. The minimum absolute atomic E-state index is 0.204. The summed E-state index contributed by atoms with van der Waals surface area (Å²) in [6, 6.07) is 2.96. The van der Waals surface area contributed by atoms with Crippen LogP contribution in [0.25, 0.3) is 6.08 Å². The number of nitro groups is 1. The van der Waals surface area contributed by atoms with E-state index in [1.807, 2.05) is 0 Å². The van der Waals surface area contributed by atoms with Crippen molar-refractivity contribution in [1.29, 1.82) is 0 Å². The molecule has 0 bridgehead atoms. The van der Waals surface area contributed by atoms with Crippen LogP contribution in [0.15, 0.2) is 18.3 Å². The number of aromatic nitrogens is 1. The number of nitrogens with zero attached hydrogens (tertiary/aromatic N) is 2. The summed E-state index contributed by atoms with van der Waals surface area (Å²) in [7, 11) is 0. The van der Waals surface area contributed by atoms with E-state index in [9.17, 15) is 10.1 Å². The first-order chi connectivity index (χ1) is 6.08. The van der Waals surface area contributed by atoms with Crippen molar-refractivity contribution in [1.82, 2.24) is 4.98 Å². The molecule has 0 atom stereocenters. The summed E-state index contributed by atoms with van der Waals surface area (Å²) in [5.74, 6) is 0. The predicted octanol–water partition coefficient (Wildman–Crippen LogP) is 2.64. The Morgan fingerprint density at radius 1 is 1.38 bits per heavy atom. The van der Waals surface area contributed by atoms with E-state index in [0.717, 1.165) is 6.20 Å². The third-order valence-electron chi connectivity index (χ3n) is 1.17. The fraction of sp³-hybridized carbons (Fsp3) is 0. The summed E-state index contributed by atoms with van der Waals surface area (Å²) in [5, 5.41) is 10.4. The van der Waals surface area contributed by atoms with Gasteiger partial charge >= 0.3 is 0 Å². The maximum Gasteiger partial charge on any atom is 0.235 e. The van der Waals surface area contributed by atoms with E-state index in [1.54, 1.807) is 0 Å². The lowest BCUT2D eigenvalue weighted by Gasteiger charge is -1.94. The highest BCUT2D eigenvalue weighted by Crippen LogP contribution is 2.15. The van der Waals surface area contributed by atoms with Gasteiger partial charge in [0.2, 0.25) is 6.20 Å². The van der Waals surface area contributed by atoms with Crippen LogP contribution in [0.3, 0.4) is 0 Å². The summed E-state index contributed by atoms with van der Waals surface area (Å²) in [5.41, 5.74) is 0.543. The first kappa shape index (κ1) is 9.95. The Bertz CT molecular complexity index is 345. The Morgan fingerprint density at radius 3 is 2.38 bits per heavy atom. The van der Waals surface area contributed by atoms with Gasteiger partial charge in [0.25, 0.3) is 0 Å². The van der Waals surface area contributed by atoms with E-state index < -0.39 is 4.92 Å². The highest BCUT2D eigenvalue weighted by Gasteiger charge is 1.97. The van der Waals surface area contributed by atoms with Crippen molar-refractivity contribution in [2.24, 2.45) is 0 Å². The molecule has 0 aliphatic carbocycles. The van der Waals surface area contributed by atoms with Gasteiger partial charge in [-0.1, -0.05) is 23.2 Å². The van der Waals surface area contributed by atoms with Crippen molar-refractivity contribution in [2.75, 3.05) is 0 Å². The van der Waals surface area contributed by atoms with Gasteiger partial charge in [0.05, 0.1) is 4.92 Å². The molecule has 1 aromatic heterocycles. The highest BCUT2D eigenvalue weighted by atomic mass is 35.5. The minimum atomic E-state index is -0.567. The normalized spacial score (nSPS) is 10.6. The lowest BCUT2D eigenvalue weighted by molar-refractivity contribution is -0.400. The maximum atomic E-state index is 9.98. The van der Waals surface area contributed by atoms with Crippen LogP contribution in [0.1, 0.15) is 5.56 Å². The molecular formula is C7H4Cl2N2O2. The molecule has 1 aromatic rings. The van der Waals surface area contributed by atoms with Crippen molar-refractivity contribution >= 4 is 29.3 Å². The number of halogens is 2. The van der Waals surface area contributed by atoms with E-state index in [2.05, 4.69) is 4.98 Å². The molecule has 1 heterocycles. The topological polar surface area (TPSA) is 56.0 Å². The van der Waals surface area contributed by atoms with Crippen molar-refractivity contribution in [2.45, 2.75) is 0 Å². The predicted molar refractivity (Wildman–Crippen MR) is 50.3 cm³/mol. The molecule has 0 fully saturated rings. The molecule has 0 unspecified atom stereocenters. The zero-order valence-corrected chi connectivity index (χ0v) is 7.79. The third-order valence-corrected chi connectivity index (χ3v) is 1.56. The zero-order valence-electron chi connectivity index (χ0n) is 6.28. The van der Waals surface area contributed by atoms with Gasteiger partial charge in [-0.15, -0.1) is 0 Å². The molecule has 0 N–H and O–H groups in total. The lowest BCUT2D eigenvalue weighted by Crippen LogP contribution is -1.84. The fourth-order valence-electron chi connectivity index (χ4n) is 0.726. The summed E-state index contributed by atoms with van der Waals surface area (Å²) in [6.07, 6.45) is 2.10. The fourth-order valence-corrected chi connectivity index (χ4v) is 1.20. The van der Waals surface area contributed by atoms with Gasteiger partial charge in [0.15, 0.2) is 0 Å². The average Bonchev–Trinajstić information content (AvgIpc) is 1.99. The van der Waals surface area contributed by atoms with Gasteiger partial charge < -0.3 is 0 Å². The molecule has 0 amide bonds. The summed E-state index contributed by atoms with van der Waals surface area (Å²) >= 11 is 11.1. The first-order valence-electron chi connectivity index (χ1n) is 3.23. The van der Waals surface area contributed by atoms with Gasteiger partial charge in [0.1, 0.15) is 10.3 Å². The Balaban J connectivity index is 2.95. The summed E-state index contributed by atoms with van der Waals surface area (Å²) in [6.45, 7) is 0. The van der Waals surface area contributed by atoms with Crippen molar-refractivity contribution in [3.63, 3.8) is 0 Å². The second-order valence-corrected chi connectivity index (χ2v) is 2.92. The third kappa shape index (κ3) is 3.40. The molecule has 68 valence electrons. The van der Waals surface area contributed by atoms with Crippen LogP contribution in [0, 0.1) is 10.1 Å². The zero-order chi connectivity index (χ0) is 9.84. The van der Waals surface area contributed by atoms with Crippen LogP contribution < -0.4 is 0 Å². The quantitative estimate of drug-likeness (QED) is 0.436. The van der Waals surface area contributed by atoms with Crippen LogP contribution in [0.2, 0.25) is 10.3 Å². The van der Waals surface area contributed by atoms with Crippen LogP contribution in [-0.4, -0.2) is 9.91 Å². The van der Waals surface area contributed by atoms with E-state index in [1.165, 1.54) is 18.2 Å². The minimum Gasteiger partial charge on any atom is -0.259 e. The number of pyridine rings is 1. The Kier molecular flexibility index (Phi) is 3.22. The molecule has 6 heteroatoms. The Labute approximate surface area is 84.0 Å². The van der Waals surface area contributed by atoms with Crippen LogP contribution in [0.4, 0.5) is 0 Å². The van der Waals surface area contributed by atoms with Crippen LogP contribution >= 0.6 is 23.2 Å².